The molecule has 23 heavy (non-hydrogen) atoms. The molecule has 0 spiro atoms. The monoisotopic (exact) mass is 343 g/mol. The molecule has 0 aliphatic heterocycles. The van der Waals surface area contributed by atoms with Gasteiger partial charge in [-0.15, -0.1) is 12.4 Å². The lowest BCUT2D eigenvalue weighted by atomic mass is 10.1. The Morgan fingerprint density at radius 3 is 2.35 bits per heavy atom. The van der Waals surface area contributed by atoms with Crippen molar-refractivity contribution in [1.82, 2.24) is 10.6 Å². The maximum atomic E-state index is 11.6. The smallest absolute Gasteiger partial charge is 0.239 e. The normalized spacial score (nSPS) is 11.3. The minimum atomic E-state index is -0.599. The zero-order valence-corrected chi connectivity index (χ0v) is 14.6. The Morgan fingerprint density at radius 1 is 1.17 bits per heavy atom. The van der Waals surface area contributed by atoms with Crippen LogP contribution in [0.3, 0.4) is 0 Å². The number of rotatable bonds is 8. The van der Waals surface area contributed by atoms with Crippen LogP contribution in [0.15, 0.2) is 24.3 Å². The molecule has 0 aliphatic rings. The molecule has 1 aromatic rings. The molecule has 4 N–H and O–H groups in total. The van der Waals surface area contributed by atoms with Crippen molar-refractivity contribution in [3.05, 3.63) is 29.8 Å². The summed E-state index contributed by atoms with van der Waals surface area (Å²) in [5, 5.41) is 5.18. The van der Waals surface area contributed by atoms with Crippen LogP contribution >= 0.6 is 12.4 Å². The fourth-order valence-corrected chi connectivity index (χ4v) is 1.64. The van der Waals surface area contributed by atoms with Crippen LogP contribution in [-0.4, -0.2) is 37.6 Å². The predicted octanol–water partition coefficient (Wildman–Crippen LogP) is 1.01. The number of hydrogen-bond acceptors (Lipinski definition) is 4. The number of hydrogen-bond donors (Lipinski definition) is 3. The first-order valence-electron chi connectivity index (χ1n) is 7.39. The molecule has 6 nitrogen and oxygen atoms in total. The van der Waals surface area contributed by atoms with E-state index < -0.39 is 6.04 Å². The molecule has 0 radical (unpaired) electrons. The van der Waals surface area contributed by atoms with Gasteiger partial charge in [0.2, 0.25) is 11.8 Å². The zero-order chi connectivity index (χ0) is 16.5. The number of nitrogens with one attached hydrogen (secondary N) is 2. The van der Waals surface area contributed by atoms with Crippen molar-refractivity contribution in [1.29, 1.82) is 0 Å². The number of ether oxygens (including phenoxy) is 1. The van der Waals surface area contributed by atoms with Crippen LogP contribution < -0.4 is 21.1 Å². The molecule has 1 aromatic carbocycles. The van der Waals surface area contributed by atoms with Crippen LogP contribution in [0.5, 0.6) is 5.75 Å². The zero-order valence-electron chi connectivity index (χ0n) is 13.8. The van der Waals surface area contributed by atoms with Gasteiger partial charge >= 0.3 is 0 Å². The van der Waals surface area contributed by atoms with E-state index in [9.17, 15) is 9.59 Å². The first-order valence-corrected chi connectivity index (χ1v) is 7.39. The molecule has 0 unspecified atom stereocenters. The van der Waals surface area contributed by atoms with Gasteiger partial charge in [-0.05, 0) is 25.0 Å². The highest BCUT2D eigenvalue weighted by molar-refractivity contribution is 5.87. The van der Waals surface area contributed by atoms with Gasteiger partial charge in [-0.2, -0.15) is 0 Å². The molecule has 0 aromatic heterocycles. The largest absolute Gasteiger partial charge is 0.492 e. The Balaban J connectivity index is 0.00000484. The van der Waals surface area contributed by atoms with Crippen molar-refractivity contribution >= 4 is 24.2 Å². The van der Waals surface area contributed by atoms with Crippen LogP contribution in [0, 0.1) is 12.8 Å². The summed E-state index contributed by atoms with van der Waals surface area (Å²) in [5.74, 6) is 0.208. The maximum absolute atomic E-state index is 11.6. The van der Waals surface area contributed by atoms with Crippen molar-refractivity contribution in [2.45, 2.75) is 26.8 Å². The molecular formula is C16H26ClN3O3. The van der Waals surface area contributed by atoms with Gasteiger partial charge in [-0.25, -0.2) is 0 Å². The number of carbonyl (C=O) groups is 2. The molecule has 0 heterocycles. The number of nitrogens with two attached hydrogens (primary N) is 1. The number of aryl methyl sites for hydroxylation is 1. The van der Waals surface area contributed by atoms with E-state index in [1.807, 2.05) is 45.0 Å². The second-order valence-electron chi connectivity index (χ2n) is 5.50. The lowest BCUT2D eigenvalue weighted by Crippen LogP contribution is -2.47. The summed E-state index contributed by atoms with van der Waals surface area (Å²) >= 11 is 0. The Hall–Kier alpha value is -1.79. The Labute approximate surface area is 143 Å². The lowest BCUT2D eigenvalue weighted by molar-refractivity contribution is -0.127. The van der Waals surface area contributed by atoms with Gasteiger partial charge in [-0.1, -0.05) is 31.5 Å². The Kier molecular flexibility index (Phi) is 10.0. The summed E-state index contributed by atoms with van der Waals surface area (Å²) in [7, 11) is 0. The highest BCUT2D eigenvalue weighted by Gasteiger charge is 2.17. The fourth-order valence-electron chi connectivity index (χ4n) is 1.64. The van der Waals surface area contributed by atoms with Gasteiger partial charge in [0.25, 0.3) is 0 Å². The molecule has 0 saturated carbocycles. The summed E-state index contributed by atoms with van der Waals surface area (Å²) in [5.41, 5.74) is 6.84. The molecule has 1 atom stereocenters. The molecular weight excluding hydrogens is 318 g/mol. The predicted molar refractivity (Wildman–Crippen MR) is 92.8 cm³/mol. The van der Waals surface area contributed by atoms with Gasteiger partial charge in [0.1, 0.15) is 12.4 Å². The lowest BCUT2D eigenvalue weighted by Gasteiger charge is -2.15. The molecule has 130 valence electrons. The van der Waals surface area contributed by atoms with Crippen molar-refractivity contribution in [3.8, 4) is 5.75 Å². The minimum Gasteiger partial charge on any atom is -0.492 e. The second kappa shape index (κ2) is 10.9. The third-order valence-electron chi connectivity index (χ3n) is 3.16. The maximum Gasteiger partial charge on any atom is 0.239 e. The van der Waals surface area contributed by atoms with Gasteiger partial charge in [-0.3, -0.25) is 9.59 Å². The first-order chi connectivity index (χ1) is 10.4. The Bertz CT molecular complexity index is 492. The highest BCUT2D eigenvalue weighted by atomic mass is 35.5. The van der Waals surface area contributed by atoms with E-state index in [2.05, 4.69) is 10.6 Å². The highest BCUT2D eigenvalue weighted by Crippen LogP contribution is 2.10. The van der Waals surface area contributed by atoms with Crippen molar-refractivity contribution < 1.29 is 14.3 Å². The third-order valence-corrected chi connectivity index (χ3v) is 3.16. The minimum absolute atomic E-state index is 0. The third kappa shape index (κ3) is 8.42. The summed E-state index contributed by atoms with van der Waals surface area (Å²) in [6.45, 7) is 6.37. The average molecular weight is 344 g/mol. The van der Waals surface area contributed by atoms with Crippen LogP contribution in [0.1, 0.15) is 19.4 Å². The van der Waals surface area contributed by atoms with E-state index in [1.54, 1.807) is 0 Å². The van der Waals surface area contributed by atoms with Crippen molar-refractivity contribution in [2.24, 2.45) is 11.7 Å². The number of benzene rings is 1. The van der Waals surface area contributed by atoms with Crippen LogP contribution in [-0.2, 0) is 9.59 Å². The molecule has 1 rings (SSSR count). The SMILES string of the molecule is Cc1ccc(OCCNC(=O)CNC(=O)[C@@H](N)C(C)C)cc1.Cl. The van der Waals surface area contributed by atoms with E-state index in [4.69, 9.17) is 10.5 Å². The molecule has 0 bridgehead atoms. The van der Waals surface area contributed by atoms with Crippen LogP contribution in [0.2, 0.25) is 0 Å². The van der Waals surface area contributed by atoms with Gasteiger partial charge in [0.15, 0.2) is 0 Å². The molecule has 0 saturated heterocycles. The number of halogens is 1. The van der Waals surface area contributed by atoms with E-state index in [0.29, 0.717) is 13.2 Å². The van der Waals surface area contributed by atoms with E-state index in [0.717, 1.165) is 11.3 Å². The number of amides is 2. The standard InChI is InChI=1S/C16H25N3O3.ClH/c1-11(2)15(17)16(21)19-10-14(20)18-8-9-22-13-6-4-12(3)5-7-13;/h4-7,11,15H,8-10,17H2,1-3H3,(H,18,20)(H,19,21);1H/t15-;/m0./s1. The van der Waals surface area contributed by atoms with Gasteiger partial charge in [0.05, 0.1) is 19.1 Å². The van der Waals surface area contributed by atoms with Crippen LogP contribution in [0.4, 0.5) is 0 Å². The second-order valence-corrected chi connectivity index (χ2v) is 5.50. The first kappa shape index (κ1) is 21.2. The molecule has 0 fully saturated rings. The van der Waals surface area contributed by atoms with Crippen molar-refractivity contribution in [3.63, 3.8) is 0 Å². The van der Waals surface area contributed by atoms with Crippen molar-refractivity contribution in [2.75, 3.05) is 19.7 Å². The summed E-state index contributed by atoms with van der Waals surface area (Å²) in [4.78, 5) is 23.2. The molecule has 2 amide bonds. The topological polar surface area (TPSA) is 93.5 Å². The summed E-state index contributed by atoms with van der Waals surface area (Å²) in [6.07, 6.45) is 0. The summed E-state index contributed by atoms with van der Waals surface area (Å²) < 4.78 is 5.48. The quantitative estimate of drug-likeness (QED) is 0.614. The van der Waals surface area contributed by atoms with E-state index >= 15 is 0 Å². The fraction of sp³-hybridized carbons (Fsp3) is 0.500. The number of carbonyl (C=O) groups excluding carboxylic acids is 2. The Morgan fingerprint density at radius 2 is 1.78 bits per heavy atom. The van der Waals surface area contributed by atoms with E-state index in [1.165, 1.54) is 0 Å². The average Bonchev–Trinajstić information content (AvgIpc) is 2.50. The van der Waals surface area contributed by atoms with E-state index in [-0.39, 0.29) is 36.7 Å². The summed E-state index contributed by atoms with van der Waals surface area (Å²) in [6, 6.07) is 7.08. The molecule has 0 aliphatic carbocycles. The van der Waals surface area contributed by atoms with Gasteiger partial charge in [0, 0.05) is 0 Å². The molecule has 7 heteroatoms. The van der Waals surface area contributed by atoms with Crippen LogP contribution in [0.25, 0.3) is 0 Å². The van der Waals surface area contributed by atoms with Gasteiger partial charge < -0.3 is 21.1 Å².